The zero-order chi connectivity index (χ0) is 23.8. The van der Waals surface area contributed by atoms with Crippen molar-refractivity contribution < 1.29 is 24.2 Å². The number of azo groups is 1. The standard InChI is InChI=1S/C25H15N3O6/c29-22(14-8-2-1-3-9-14)19-20(27-26-16-11-5-4-10-15(16)24(31)32)23(30)28-17-12-6-7-13-18(17)34-25(33)21(19)28/h1-13,30H,(H,31,32). The topological polar surface area (TPSA) is 134 Å². The van der Waals surface area contributed by atoms with Gasteiger partial charge in [-0.1, -0.05) is 54.6 Å². The molecule has 3 aromatic carbocycles. The number of carbonyl (C=O) groups is 2. The average Bonchev–Trinajstić information content (AvgIpc) is 3.16. The zero-order valence-corrected chi connectivity index (χ0v) is 17.4. The third kappa shape index (κ3) is 3.32. The molecule has 0 bridgehead atoms. The van der Waals surface area contributed by atoms with Crippen molar-refractivity contribution in [2.24, 2.45) is 10.2 Å². The molecule has 5 aromatic rings. The molecule has 0 atom stereocenters. The monoisotopic (exact) mass is 453 g/mol. The molecule has 0 radical (unpaired) electrons. The van der Waals surface area contributed by atoms with E-state index in [1.807, 2.05) is 0 Å². The van der Waals surface area contributed by atoms with Crippen LogP contribution in [0.1, 0.15) is 26.3 Å². The number of nitrogens with zero attached hydrogens (tertiary/aromatic N) is 3. The molecule has 2 N–H and O–H groups in total. The molecule has 0 aliphatic rings. The molecule has 0 aliphatic carbocycles. The maximum Gasteiger partial charge on any atom is 0.361 e. The van der Waals surface area contributed by atoms with Gasteiger partial charge in [0, 0.05) is 5.56 Å². The normalized spacial score (nSPS) is 11.4. The van der Waals surface area contributed by atoms with Crippen LogP contribution in [0, 0.1) is 0 Å². The van der Waals surface area contributed by atoms with Gasteiger partial charge in [-0.05, 0) is 24.3 Å². The molecule has 0 saturated heterocycles. The van der Waals surface area contributed by atoms with Gasteiger partial charge in [-0.15, -0.1) is 10.2 Å². The van der Waals surface area contributed by atoms with E-state index < -0.39 is 23.3 Å². The quantitative estimate of drug-likeness (QED) is 0.281. The number of carbonyl (C=O) groups excluding carboxylic acids is 1. The van der Waals surface area contributed by atoms with E-state index in [1.54, 1.807) is 60.7 Å². The fourth-order valence-electron chi connectivity index (χ4n) is 3.74. The predicted molar refractivity (Wildman–Crippen MR) is 123 cm³/mol. The summed E-state index contributed by atoms with van der Waals surface area (Å²) in [6, 6.07) is 20.6. The molecule has 2 heterocycles. The Balaban J connectivity index is 1.84. The minimum atomic E-state index is -1.21. The van der Waals surface area contributed by atoms with Crippen molar-refractivity contribution in [3.05, 3.63) is 106 Å². The van der Waals surface area contributed by atoms with Crippen molar-refractivity contribution in [3.8, 4) is 5.88 Å². The Morgan fingerprint density at radius 2 is 1.53 bits per heavy atom. The second kappa shape index (κ2) is 8.14. The lowest BCUT2D eigenvalue weighted by Gasteiger charge is -2.03. The lowest BCUT2D eigenvalue weighted by Crippen LogP contribution is -2.10. The van der Waals surface area contributed by atoms with Crippen LogP contribution < -0.4 is 5.63 Å². The minimum absolute atomic E-state index is 0.0136. The van der Waals surface area contributed by atoms with Gasteiger partial charge in [0.15, 0.2) is 17.1 Å². The van der Waals surface area contributed by atoms with E-state index in [4.69, 9.17) is 4.42 Å². The number of aromatic carboxylic acids is 1. The molecule has 0 aliphatic heterocycles. The SMILES string of the molecule is O=C(O)c1ccccc1N=Nc1c(C(=O)c2ccccc2)c2c(=O)oc3ccccc3n2c1O. The molecule has 166 valence electrons. The van der Waals surface area contributed by atoms with E-state index >= 15 is 0 Å². The summed E-state index contributed by atoms with van der Waals surface area (Å²) in [7, 11) is 0. The van der Waals surface area contributed by atoms with Crippen molar-refractivity contribution in [2.75, 3.05) is 0 Å². The van der Waals surface area contributed by atoms with E-state index in [1.165, 1.54) is 22.6 Å². The summed E-state index contributed by atoms with van der Waals surface area (Å²) >= 11 is 0. The minimum Gasteiger partial charge on any atom is -0.493 e. The first kappa shape index (κ1) is 20.8. The van der Waals surface area contributed by atoms with Gasteiger partial charge in [-0.3, -0.25) is 9.20 Å². The summed E-state index contributed by atoms with van der Waals surface area (Å²) in [5.41, 5.74) is -0.850. The van der Waals surface area contributed by atoms with Crippen LogP contribution in [-0.4, -0.2) is 26.4 Å². The van der Waals surface area contributed by atoms with Gasteiger partial charge in [0.05, 0.1) is 16.6 Å². The van der Waals surface area contributed by atoms with Crippen molar-refractivity contribution >= 4 is 39.7 Å². The zero-order valence-electron chi connectivity index (χ0n) is 17.4. The summed E-state index contributed by atoms with van der Waals surface area (Å²) in [6.07, 6.45) is 0. The predicted octanol–water partition coefficient (Wildman–Crippen LogP) is 5.10. The Bertz CT molecular complexity index is 1680. The van der Waals surface area contributed by atoms with Gasteiger partial charge < -0.3 is 14.6 Å². The van der Waals surface area contributed by atoms with E-state index in [0.717, 1.165) is 0 Å². The second-order valence-electron chi connectivity index (χ2n) is 7.31. The molecule has 0 fully saturated rings. The van der Waals surface area contributed by atoms with Crippen LogP contribution in [-0.2, 0) is 0 Å². The van der Waals surface area contributed by atoms with Crippen molar-refractivity contribution in [1.82, 2.24) is 4.40 Å². The number of ketones is 1. The Hall–Kier alpha value is -5.05. The van der Waals surface area contributed by atoms with Crippen LogP contribution in [0.3, 0.4) is 0 Å². The Morgan fingerprint density at radius 1 is 0.853 bits per heavy atom. The summed E-state index contributed by atoms with van der Waals surface area (Å²) in [5.74, 6) is -2.30. The number of fused-ring (bicyclic) bond motifs is 3. The second-order valence-corrected chi connectivity index (χ2v) is 7.31. The van der Waals surface area contributed by atoms with Gasteiger partial charge in [0.1, 0.15) is 11.2 Å². The molecule has 0 saturated carbocycles. The highest BCUT2D eigenvalue weighted by Crippen LogP contribution is 2.40. The first-order valence-corrected chi connectivity index (χ1v) is 10.1. The highest BCUT2D eigenvalue weighted by molar-refractivity contribution is 6.17. The van der Waals surface area contributed by atoms with Crippen molar-refractivity contribution in [1.29, 1.82) is 0 Å². The van der Waals surface area contributed by atoms with Crippen LogP contribution in [0.5, 0.6) is 5.88 Å². The molecule has 9 nitrogen and oxygen atoms in total. The molecule has 0 unspecified atom stereocenters. The maximum absolute atomic E-state index is 13.5. The summed E-state index contributed by atoms with van der Waals surface area (Å²) < 4.78 is 6.58. The number of carboxylic acid groups (broad SMARTS) is 1. The smallest absolute Gasteiger partial charge is 0.361 e. The van der Waals surface area contributed by atoms with Crippen LogP contribution in [0.15, 0.2) is 98.3 Å². The lowest BCUT2D eigenvalue weighted by atomic mass is 10.0. The van der Waals surface area contributed by atoms with Gasteiger partial charge in [0.25, 0.3) is 0 Å². The molecule has 5 rings (SSSR count). The summed E-state index contributed by atoms with van der Waals surface area (Å²) in [4.78, 5) is 37.9. The number of rotatable bonds is 5. The molecule has 9 heteroatoms. The van der Waals surface area contributed by atoms with Gasteiger partial charge in [0.2, 0.25) is 5.88 Å². The highest BCUT2D eigenvalue weighted by Gasteiger charge is 2.29. The Labute approximate surface area is 190 Å². The first-order chi connectivity index (χ1) is 16.5. The van der Waals surface area contributed by atoms with Gasteiger partial charge in [-0.2, -0.15) is 0 Å². The number of hydrogen-bond donors (Lipinski definition) is 2. The lowest BCUT2D eigenvalue weighted by molar-refractivity contribution is 0.0697. The number of carboxylic acids is 1. The summed E-state index contributed by atoms with van der Waals surface area (Å²) in [6.45, 7) is 0. The fourth-order valence-corrected chi connectivity index (χ4v) is 3.74. The van der Waals surface area contributed by atoms with E-state index in [0.29, 0.717) is 5.52 Å². The van der Waals surface area contributed by atoms with Crippen LogP contribution in [0.2, 0.25) is 0 Å². The average molecular weight is 453 g/mol. The van der Waals surface area contributed by atoms with Crippen LogP contribution in [0.4, 0.5) is 11.4 Å². The Morgan fingerprint density at radius 3 is 2.29 bits per heavy atom. The van der Waals surface area contributed by atoms with E-state index in [2.05, 4.69) is 10.2 Å². The number of para-hydroxylation sites is 2. The molecule has 0 amide bonds. The van der Waals surface area contributed by atoms with E-state index in [9.17, 15) is 24.6 Å². The largest absolute Gasteiger partial charge is 0.493 e. The number of hydrogen-bond acceptors (Lipinski definition) is 7. The molecular weight excluding hydrogens is 438 g/mol. The van der Waals surface area contributed by atoms with Gasteiger partial charge >= 0.3 is 11.6 Å². The maximum atomic E-state index is 13.5. The van der Waals surface area contributed by atoms with Crippen molar-refractivity contribution in [2.45, 2.75) is 0 Å². The molecule has 0 spiro atoms. The molecular formula is C25H15N3O6. The Kier molecular flexibility index (Phi) is 4.98. The van der Waals surface area contributed by atoms with Crippen molar-refractivity contribution in [3.63, 3.8) is 0 Å². The highest BCUT2D eigenvalue weighted by atomic mass is 16.4. The third-order valence-corrected chi connectivity index (χ3v) is 5.28. The van der Waals surface area contributed by atoms with Crippen LogP contribution in [0.25, 0.3) is 16.6 Å². The summed E-state index contributed by atoms with van der Waals surface area (Å²) in [5, 5.41) is 28.5. The number of aromatic nitrogens is 1. The number of benzene rings is 3. The molecule has 34 heavy (non-hydrogen) atoms. The van der Waals surface area contributed by atoms with E-state index in [-0.39, 0.29) is 39.2 Å². The number of aromatic hydroxyl groups is 1. The fraction of sp³-hybridized carbons (Fsp3) is 0. The third-order valence-electron chi connectivity index (χ3n) is 5.28. The molecule has 2 aromatic heterocycles. The van der Waals surface area contributed by atoms with Gasteiger partial charge in [-0.25, -0.2) is 9.59 Å². The first-order valence-electron chi connectivity index (χ1n) is 10.1. The van der Waals surface area contributed by atoms with Crippen LogP contribution >= 0.6 is 0 Å².